The maximum atomic E-state index is 13.1. The quantitative estimate of drug-likeness (QED) is 0.764. The van der Waals surface area contributed by atoms with Gasteiger partial charge in [-0.1, -0.05) is 70.4 Å². The third-order valence-electron chi connectivity index (χ3n) is 6.14. The average Bonchev–Trinajstić information content (AvgIpc) is 2.84. The summed E-state index contributed by atoms with van der Waals surface area (Å²) < 4.78 is 0. The van der Waals surface area contributed by atoms with Gasteiger partial charge in [-0.05, 0) is 30.2 Å². The minimum absolute atomic E-state index is 0.0133. The molecule has 29 heavy (non-hydrogen) atoms. The van der Waals surface area contributed by atoms with Crippen molar-refractivity contribution >= 4 is 17.8 Å². The van der Waals surface area contributed by atoms with Crippen LogP contribution in [0.3, 0.4) is 0 Å². The number of urea groups is 1. The molecule has 0 radical (unpaired) electrons. The van der Waals surface area contributed by atoms with Gasteiger partial charge in [0.05, 0.1) is 6.04 Å². The van der Waals surface area contributed by atoms with Crippen LogP contribution in [0.2, 0.25) is 0 Å². The van der Waals surface area contributed by atoms with E-state index in [1.165, 1.54) is 0 Å². The molecule has 2 aliphatic rings. The molecule has 4 amide bonds. The van der Waals surface area contributed by atoms with E-state index >= 15 is 0 Å². The Morgan fingerprint density at radius 2 is 1.72 bits per heavy atom. The lowest BCUT2D eigenvalue weighted by molar-refractivity contribution is -0.137. The first-order valence-corrected chi connectivity index (χ1v) is 10.6. The van der Waals surface area contributed by atoms with E-state index in [9.17, 15) is 14.4 Å². The number of likely N-dealkylation sites (N-methyl/N-ethyl adjacent to an activating group) is 1. The van der Waals surface area contributed by atoms with E-state index < -0.39 is 5.54 Å². The third kappa shape index (κ3) is 4.46. The summed E-state index contributed by atoms with van der Waals surface area (Å²) in [6.45, 7) is 6.16. The summed E-state index contributed by atoms with van der Waals surface area (Å²) in [6.07, 6.45) is 5.08. The number of carbonyl (C=O) groups excluding carboxylic acids is 3. The first-order valence-electron chi connectivity index (χ1n) is 10.6. The van der Waals surface area contributed by atoms with E-state index in [4.69, 9.17) is 0 Å². The van der Waals surface area contributed by atoms with E-state index in [0.29, 0.717) is 12.8 Å². The van der Waals surface area contributed by atoms with Gasteiger partial charge in [0.25, 0.3) is 5.91 Å². The van der Waals surface area contributed by atoms with Crippen LogP contribution in [0.25, 0.3) is 0 Å². The summed E-state index contributed by atoms with van der Waals surface area (Å²) in [7, 11) is 1.69. The molecule has 1 aromatic carbocycles. The summed E-state index contributed by atoms with van der Waals surface area (Å²) >= 11 is 0. The van der Waals surface area contributed by atoms with Gasteiger partial charge in [-0.25, -0.2) is 4.79 Å². The molecule has 1 saturated carbocycles. The van der Waals surface area contributed by atoms with Crippen LogP contribution in [0, 0.1) is 5.41 Å². The Labute approximate surface area is 173 Å². The number of nitrogens with zero attached hydrogens (tertiary/aromatic N) is 2. The van der Waals surface area contributed by atoms with E-state index in [1.807, 2.05) is 30.3 Å². The first kappa shape index (κ1) is 21.3. The van der Waals surface area contributed by atoms with E-state index in [-0.39, 0.29) is 35.8 Å². The molecule has 1 spiro atoms. The van der Waals surface area contributed by atoms with Gasteiger partial charge < -0.3 is 10.2 Å². The molecule has 1 aliphatic carbocycles. The lowest BCUT2D eigenvalue weighted by Crippen LogP contribution is -2.49. The topological polar surface area (TPSA) is 69.7 Å². The summed E-state index contributed by atoms with van der Waals surface area (Å²) in [4.78, 5) is 41.4. The molecule has 0 bridgehead atoms. The predicted octanol–water partition coefficient (Wildman–Crippen LogP) is 3.88. The molecule has 1 heterocycles. The predicted molar refractivity (Wildman–Crippen MR) is 112 cm³/mol. The lowest BCUT2D eigenvalue weighted by Gasteiger charge is -2.35. The second-order valence-corrected chi connectivity index (χ2v) is 9.62. The summed E-state index contributed by atoms with van der Waals surface area (Å²) in [5.41, 5.74) is 0.287. The Bertz CT molecular complexity index is 763. The molecule has 6 heteroatoms. The second kappa shape index (κ2) is 8.17. The number of nitrogens with one attached hydrogen (secondary N) is 1. The van der Waals surface area contributed by atoms with Crippen molar-refractivity contribution in [2.75, 3.05) is 13.6 Å². The zero-order valence-corrected chi connectivity index (χ0v) is 18.0. The van der Waals surface area contributed by atoms with Crippen molar-refractivity contribution in [2.24, 2.45) is 5.41 Å². The molecule has 1 aromatic rings. The monoisotopic (exact) mass is 399 g/mol. The van der Waals surface area contributed by atoms with Gasteiger partial charge >= 0.3 is 6.03 Å². The Morgan fingerprint density at radius 1 is 1.10 bits per heavy atom. The highest BCUT2D eigenvalue weighted by molar-refractivity contribution is 6.08. The number of amides is 4. The fourth-order valence-corrected chi connectivity index (χ4v) is 4.60. The molecular weight excluding hydrogens is 366 g/mol. The van der Waals surface area contributed by atoms with Crippen LogP contribution in [-0.2, 0) is 9.59 Å². The van der Waals surface area contributed by atoms with Crippen molar-refractivity contribution in [3.8, 4) is 0 Å². The number of hydrogen-bond donors (Lipinski definition) is 1. The van der Waals surface area contributed by atoms with Gasteiger partial charge in [-0.3, -0.25) is 14.5 Å². The van der Waals surface area contributed by atoms with E-state index in [1.54, 1.807) is 11.9 Å². The highest BCUT2D eigenvalue weighted by atomic mass is 16.2. The zero-order chi connectivity index (χ0) is 21.2. The largest absolute Gasteiger partial charge is 0.348 e. The standard InChI is InChI=1S/C23H33N3O3/c1-22(2,3)15-18(17-11-7-5-8-12-17)24-19(27)16-26-20(28)23(25(4)21(26)29)13-9-6-10-14-23/h5,7-8,11-12,18H,6,9-10,13-16H2,1-4H3,(H,24,27). The number of carbonyl (C=O) groups is 3. The maximum Gasteiger partial charge on any atom is 0.327 e. The Kier molecular flexibility index (Phi) is 6.01. The minimum Gasteiger partial charge on any atom is -0.348 e. The van der Waals surface area contributed by atoms with Crippen molar-refractivity contribution in [1.29, 1.82) is 0 Å². The average molecular weight is 400 g/mol. The Morgan fingerprint density at radius 3 is 2.31 bits per heavy atom. The van der Waals surface area contributed by atoms with Crippen molar-refractivity contribution in [1.82, 2.24) is 15.1 Å². The smallest absolute Gasteiger partial charge is 0.327 e. The second-order valence-electron chi connectivity index (χ2n) is 9.62. The lowest BCUT2D eigenvalue weighted by atomic mass is 9.81. The normalized spacial score (nSPS) is 20.3. The summed E-state index contributed by atoms with van der Waals surface area (Å²) in [6, 6.07) is 9.30. The molecule has 1 saturated heterocycles. The summed E-state index contributed by atoms with van der Waals surface area (Å²) in [5, 5.41) is 3.06. The molecule has 158 valence electrons. The highest BCUT2D eigenvalue weighted by Gasteiger charge is 2.55. The Balaban J connectivity index is 1.73. The first-order chi connectivity index (χ1) is 13.6. The van der Waals surface area contributed by atoms with E-state index in [0.717, 1.165) is 36.1 Å². The Hall–Kier alpha value is -2.37. The van der Waals surface area contributed by atoms with Gasteiger partial charge in [-0.15, -0.1) is 0 Å². The van der Waals surface area contributed by atoms with Gasteiger partial charge in [-0.2, -0.15) is 0 Å². The van der Waals surface area contributed by atoms with Gasteiger partial charge in [0.15, 0.2) is 0 Å². The van der Waals surface area contributed by atoms with Crippen LogP contribution in [0.4, 0.5) is 4.79 Å². The summed E-state index contributed by atoms with van der Waals surface area (Å²) in [5.74, 6) is -0.516. The van der Waals surface area contributed by atoms with Crippen LogP contribution in [0.1, 0.15) is 70.9 Å². The van der Waals surface area contributed by atoms with Crippen molar-refractivity contribution in [2.45, 2.75) is 70.9 Å². The van der Waals surface area contributed by atoms with Crippen molar-refractivity contribution in [3.63, 3.8) is 0 Å². The fourth-order valence-electron chi connectivity index (χ4n) is 4.60. The molecule has 1 N–H and O–H groups in total. The van der Waals surface area contributed by atoms with Crippen molar-refractivity contribution in [3.05, 3.63) is 35.9 Å². The number of imide groups is 1. The number of benzene rings is 1. The molecule has 3 rings (SSSR count). The maximum absolute atomic E-state index is 13.1. The van der Waals surface area contributed by atoms with E-state index in [2.05, 4.69) is 26.1 Å². The molecule has 2 fully saturated rings. The van der Waals surface area contributed by atoms with Crippen LogP contribution in [-0.4, -0.2) is 46.8 Å². The van der Waals surface area contributed by atoms with Crippen LogP contribution < -0.4 is 5.32 Å². The molecule has 1 unspecified atom stereocenters. The van der Waals surface area contributed by atoms with Crippen LogP contribution >= 0.6 is 0 Å². The van der Waals surface area contributed by atoms with Crippen LogP contribution in [0.15, 0.2) is 30.3 Å². The molecule has 1 atom stereocenters. The molecule has 0 aromatic heterocycles. The molecule has 6 nitrogen and oxygen atoms in total. The van der Waals surface area contributed by atoms with Gasteiger partial charge in [0.2, 0.25) is 5.91 Å². The SMILES string of the molecule is CN1C(=O)N(CC(=O)NC(CC(C)(C)C)c2ccccc2)C(=O)C12CCCCC2. The highest BCUT2D eigenvalue weighted by Crippen LogP contribution is 2.39. The fraction of sp³-hybridized carbons (Fsp3) is 0.609. The minimum atomic E-state index is -0.750. The third-order valence-corrected chi connectivity index (χ3v) is 6.14. The number of rotatable bonds is 5. The van der Waals surface area contributed by atoms with Gasteiger partial charge in [0.1, 0.15) is 12.1 Å². The van der Waals surface area contributed by atoms with Crippen molar-refractivity contribution < 1.29 is 14.4 Å². The van der Waals surface area contributed by atoms with Crippen LogP contribution in [0.5, 0.6) is 0 Å². The van der Waals surface area contributed by atoms with Gasteiger partial charge in [0, 0.05) is 7.05 Å². The molecule has 1 aliphatic heterocycles. The zero-order valence-electron chi connectivity index (χ0n) is 18.0. The molecular formula is C23H33N3O3. The number of hydrogen-bond acceptors (Lipinski definition) is 3.